The molecule has 2 heterocycles. The molecule has 2 aromatic rings. The monoisotopic (exact) mass is 461 g/mol. The minimum atomic E-state index is -0.329. The third kappa shape index (κ3) is 3.69. The summed E-state index contributed by atoms with van der Waals surface area (Å²) in [6.07, 6.45) is 1.94. The average molecular weight is 462 g/mol. The number of aliphatic hydroxyl groups excluding tert-OH is 1. The summed E-state index contributed by atoms with van der Waals surface area (Å²) < 4.78 is 14.9. The summed E-state index contributed by atoms with van der Waals surface area (Å²) in [5, 5.41) is 20.2. The van der Waals surface area contributed by atoms with E-state index in [2.05, 4.69) is 11.0 Å². The Balaban J connectivity index is 1.62. The SMILES string of the molecule is CC(=O)N1CCN(c2nc(-c3ccccc3F)c3c(n2)C2CC(C#N)=C(O)C(C)C2CC3)CC1. The van der Waals surface area contributed by atoms with Gasteiger partial charge in [0.25, 0.3) is 0 Å². The Morgan fingerprint density at radius 3 is 2.62 bits per heavy atom. The molecule has 5 rings (SSSR count). The van der Waals surface area contributed by atoms with Gasteiger partial charge in [0.15, 0.2) is 0 Å². The van der Waals surface area contributed by atoms with Gasteiger partial charge in [0.1, 0.15) is 11.6 Å². The predicted molar refractivity (Wildman–Crippen MR) is 125 cm³/mol. The largest absolute Gasteiger partial charge is 0.511 e. The van der Waals surface area contributed by atoms with Crippen LogP contribution in [0.2, 0.25) is 0 Å². The van der Waals surface area contributed by atoms with Crippen LogP contribution in [0.4, 0.5) is 10.3 Å². The van der Waals surface area contributed by atoms with Crippen LogP contribution in [0.5, 0.6) is 0 Å². The van der Waals surface area contributed by atoms with Crippen molar-refractivity contribution in [1.82, 2.24) is 14.9 Å². The van der Waals surface area contributed by atoms with Gasteiger partial charge in [0.05, 0.1) is 23.0 Å². The molecule has 1 aliphatic heterocycles. The van der Waals surface area contributed by atoms with Crippen molar-refractivity contribution in [3.63, 3.8) is 0 Å². The molecule has 7 nitrogen and oxygen atoms in total. The number of fused-ring (bicyclic) bond motifs is 3. The van der Waals surface area contributed by atoms with Crippen LogP contribution in [-0.4, -0.2) is 52.1 Å². The lowest BCUT2D eigenvalue weighted by Crippen LogP contribution is -2.48. The maximum absolute atomic E-state index is 14.9. The lowest BCUT2D eigenvalue weighted by molar-refractivity contribution is -0.129. The van der Waals surface area contributed by atoms with Gasteiger partial charge in [0.2, 0.25) is 11.9 Å². The number of benzene rings is 1. The van der Waals surface area contributed by atoms with E-state index in [1.165, 1.54) is 6.07 Å². The molecule has 34 heavy (non-hydrogen) atoms. The van der Waals surface area contributed by atoms with Crippen molar-refractivity contribution >= 4 is 11.9 Å². The molecule has 1 aromatic heterocycles. The molecule has 1 amide bonds. The fourth-order valence-corrected chi connectivity index (χ4v) is 5.75. The topological polar surface area (TPSA) is 93.4 Å². The van der Waals surface area contributed by atoms with Crippen LogP contribution in [0.25, 0.3) is 11.3 Å². The minimum absolute atomic E-state index is 0.0323. The van der Waals surface area contributed by atoms with E-state index in [4.69, 9.17) is 9.97 Å². The van der Waals surface area contributed by atoms with Gasteiger partial charge in [-0.2, -0.15) is 5.26 Å². The first-order valence-corrected chi connectivity index (χ1v) is 11.9. The molecule has 1 fully saturated rings. The summed E-state index contributed by atoms with van der Waals surface area (Å²) in [4.78, 5) is 25.5. The predicted octanol–water partition coefficient (Wildman–Crippen LogP) is 3.97. The second-order valence-corrected chi connectivity index (χ2v) is 9.49. The number of aromatic nitrogens is 2. The van der Waals surface area contributed by atoms with Crippen LogP contribution in [0.15, 0.2) is 35.6 Å². The molecule has 3 atom stereocenters. The molecule has 1 N–H and O–H groups in total. The molecule has 0 radical (unpaired) electrons. The minimum Gasteiger partial charge on any atom is -0.511 e. The number of piperazine rings is 1. The van der Waals surface area contributed by atoms with Crippen molar-refractivity contribution in [3.8, 4) is 17.3 Å². The molecule has 3 aliphatic rings. The van der Waals surface area contributed by atoms with Crippen LogP contribution in [-0.2, 0) is 11.2 Å². The van der Waals surface area contributed by atoms with E-state index in [9.17, 15) is 19.6 Å². The highest BCUT2D eigenvalue weighted by atomic mass is 19.1. The summed E-state index contributed by atoms with van der Waals surface area (Å²) in [7, 11) is 0. The number of nitriles is 1. The Hall–Kier alpha value is -3.47. The molecule has 0 spiro atoms. The van der Waals surface area contributed by atoms with Crippen molar-refractivity contribution in [1.29, 1.82) is 5.26 Å². The number of hydrogen-bond acceptors (Lipinski definition) is 6. The molecule has 176 valence electrons. The molecule has 0 bridgehead atoms. The number of carbonyl (C=O) groups excluding carboxylic acids is 1. The molecule has 1 aromatic carbocycles. The number of halogens is 1. The number of nitrogens with zero attached hydrogens (tertiary/aromatic N) is 5. The summed E-state index contributed by atoms with van der Waals surface area (Å²) in [6, 6.07) is 8.84. The van der Waals surface area contributed by atoms with E-state index in [1.54, 1.807) is 30.0 Å². The lowest BCUT2D eigenvalue weighted by atomic mass is 9.65. The number of aliphatic hydroxyl groups is 1. The first-order valence-electron chi connectivity index (χ1n) is 11.9. The standard InChI is InChI=1S/C26H28FN5O2/c1-15-18-7-8-20-23(19-5-3-4-6-22(19)27)29-26(32-11-9-31(10-12-32)16(2)33)30-24(20)21(18)13-17(14-28)25(15)34/h3-6,15,18,21,34H,7-13H2,1-2H3. The van der Waals surface area contributed by atoms with Gasteiger partial charge in [-0.3, -0.25) is 4.79 Å². The first kappa shape index (κ1) is 22.3. The number of allylic oxidation sites excluding steroid dienone is 2. The zero-order valence-corrected chi connectivity index (χ0v) is 19.5. The Morgan fingerprint density at radius 1 is 1.21 bits per heavy atom. The molecule has 8 heteroatoms. The first-order chi connectivity index (χ1) is 16.4. The van der Waals surface area contributed by atoms with Crippen LogP contribution >= 0.6 is 0 Å². The van der Waals surface area contributed by atoms with E-state index in [0.29, 0.717) is 61.8 Å². The third-order valence-electron chi connectivity index (χ3n) is 7.70. The number of amides is 1. The Kier molecular flexibility index (Phi) is 5.72. The fraction of sp³-hybridized carbons (Fsp3) is 0.462. The maximum Gasteiger partial charge on any atom is 0.226 e. The molecular weight excluding hydrogens is 433 g/mol. The molecule has 2 aliphatic carbocycles. The van der Waals surface area contributed by atoms with Gasteiger partial charge < -0.3 is 14.9 Å². The fourth-order valence-electron chi connectivity index (χ4n) is 5.75. The maximum atomic E-state index is 14.9. The van der Waals surface area contributed by atoms with Crippen molar-refractivity contribution in [2.75, 3.05) is 31.1 Å². The van der Waals surface area contributed by atoms with Crippen LogP contribution < -0.4 is 4.90 Å². The summed E-state index contributed by atoms with van der Waals surface area (Å²) in [5.74, 6) is 0.446. The average Bonchev–Trinajstić information content (AvgIpc) is 2.85. The van der Waals surface area contributed by atoms with Crippen molar-refractivity contribution < 1.29 is 14.3 Å². The van der Waals surface area contributed by atoms with Gasteiger partial charge in [-0.05, 0) is 37.3 Å². The van der Waals surface area contributed by atoms with E-state index >= 15 is 0 Å². The Labute approximate surface area is 198 Å². The van der Waals surface area contributed by atoms with Crippen molar-refractivity contribution in [2.24, 2.45) is 11.8 Å². The highest BCUT2D eigenvalue weighted by molar-refractivity contribution is 5.73. The highest BCUT2D eigenvalue weighted by Crippen LogP contribution is 2.50. The Bertz CT molecular complexity index is 1210. The third-order valence-corrected chi connectivity index (χ3v) is 7.70. The van der Waals surface area contributed by atoms with Crippen LogP contribution in [0, 0.1) is 29.0 Å². The van der Waals surface area contributed by atoms with Crippen molar-refractivity contribution in [3.05, 3.63) is 52.7 Å². The van der Waals surface area contributed by atoms with E-state index in [-0.39, 0.29) is 35.2 Å². The van der Waals surface area contributed by atoms with E-state index in [1.807, 2.05) is 6.92 Å². The molecule has 0 saturated carbocycles. The molecule has 3 unspecified atom stereocenters. The lowest BCUT2D eigenvalue weighted by Gasteiger charge is -2.41. The van der Waals surface area contributed by atoms with Crippen LogP contribution in [0.1, 0.15) is 43.9 Å². The molecular formula is C26H28FN5O2. The normalized spacial score (nSPS) is 24.4. The smallest absolute Gasteiger partial charge is 0.226 e. The number of anilines is 1. The zero-order valence-electron chi connectivity index (χ0n) is 19.5. The van der Waals surface area contributed by atoms with Gasteiger partial charge in [0, 0.05) is 56.1 Å². The highest BCUT2D eigenvalue weighted by Gasteiger charge is 2.42. The van der Waals surface area contributed by atoms with Gasteiger partial charge >= 0.3 is 0 Å². The Morgan fingerprint density at radius 2 is 1.94 bits per heavy atom. The van der Waals surface area contributed by atoms with Crippen molar-refractivity contribution in [2.45, 2.75) is 39.0 Å². The van der Waals surface area contributed by atoms with Gasteiger partial charge in [-0.1, -0.05) is 19.1 Å². The summed E-state index contributed by atoms with van der Waals surface area (Å²) in [5.41, 5.74) is 3.26. The zero-order chi connectivity index (χ0) is 24.0. The van der Waals surface area contributed by atoms with Gasteiger partial charge in [-0.25, -0.2) is 14.4 Å². The quantitative estimate of drug-likeness (QED) is 0.727. The second kappa shape index (κ2) is 8.71. The number of carbonyl (C=O) groups is 1. The molecule has 1 saturated heterocycles. The second-order valence-electron chi connectivity index (χ2n) is 9.49. The van der Waals surface area contributed by atoms with E-state index in [0.717, 1.165) is 17.7 Å². The van der Waals surface area contributed by atoms with Crippen LogP contribution in [0.3, 0.4) is 0 Å². The van der Waals surface area contributed by atoms with Gasteiger partial charge in [-0.15, -0.1) is 0 Å². The summed E-state index contributed by atoms with van der Waals surface area (Å²) in [6.45, 7) is 5.91. The number of hydrogen-bond donors (Lipinski definition) is 1. The number of rotatable bonds is 2. The van der Waals surface area contributed by atoms with E-state index < -0.39 is 0 Å². The summed E-state index contributed by atoms with van der Waals surface area (Å²) >= 11 is 0.